The molecule has 0 aliphatic rings. The highest BCUT2D eigenvalue weighted by Gasteiger charge is 2.21. The number of benzene rings is 1. The Hall–Kier alpha value is -2.21. The first-order chi connectivity index (χ1) is 6.56. The lowest BCUT2D eigenvalue weighted by molar-refractivity contribution is -0.390. The van der Waals surface area contributed by atoms with Crippen molar-refractivity contribution in [2.24, 2.45) is 5.11 Å². The van der Waals surface area contributed by atoms with E-state index >= 15 is 0 Å². The van der Waals surface area contributed by atoms with Crippen LogP contribution in [0.4, 0.5) is 20.2 Å². The number of rotatable bonds is 2. The fourth-order valence-electron chi connectivity index (χ4n) is 0.836. The summed E-state index contributed by atoms with van der Waals surface area (Å²) in [7, 11) is 0. The summed E-state index contributed by atoms with van der Waals surface area (Å²) >= 11 is 0. The third-order valence-corrected chi connectivity index (χ3v) is 1.34. The van der Waals surface area contributed by atoms with Crippen LogP contribution >= 0.6 is 0 Å². The summed E-state index contributed by atoms with van der Waals surface area (Å²) < 4.78 is 25.6. The molecule has 14 heavy (non-hydrogen) atoms. The molecule has 0 heterocycles. The fraction of sp³-hybridized carbons (Fsp3) is 0. The van der Waals surface area contributed by atoms with E-state index in [9.17, 15) is 18.9 Å². The van der Waals surface area contributed by atoms with Gasteiger partial charge in [-0.2, -0.15) is 8.78 Å². The Kier molecular flexibility index (Phi) is 2.59. The van der Waals surface area contributed by atoms with E-state index in [0.29, 0.717) is 12.1 Å². The van der Waals surface area contributed by atoms with Crippen molar-refractivity contribution in [1.82, 2.24) is 0 Å². The van der Waals surface area contributed by atoms with E-state index in [1.54, 1.807) is 0 Å². The number of hydrogen-bond donors (Lipinski definition) is 0. The van der Waals surface area contributed by atoms with Crippen LogP contribution < -0.4 is 0 Å². The summed E-state index contributed by atoms with van der Waals surface area (Å²) in [6.45, 7) is 0. The summed E-state index contributed by atoms with van der Waals surface area (Å²) in [6, 6.07) is 1.17. The number of nitro groups is 1. The lowest BCUT2D eigenvalue weighted by Crippen LogP contribution is -1.95. The molecule has 0 spiro atoms. The van der Waals surface area contributed by atoms with Crippen LogP contribution in [-0.2, 0) is 0 Å². The van der Waals surface area contributed by atoms with Gasteiger partial charge in [0.1, 0.15) is 0 Å². The second-order valence-electron chi connectivity index (χ2n) is 2.20. The van der Waals surface area contributed by atoms with Crippen LogP contribution in [0.3, 0.4) is 0 Å². The predicted molar refractivity (Wildman–Crippen MR) is 41.8 cm³/mol. The molecule has 1 aromatic carbocycles. The van der Waals surface area contributed by atoms with Gasteiger partial charge in [0.2, 0.25) is 11.6 Å². The molecule has 1 rings (SSSR count). The summed E-state index contributed by atoms with van der Waals surface area (Å²) in [5.41, 5.74) is 6.34. The highest BCUT2D eigenvalue weighted by Crippen LogP contribution is 2.26. The molecule has 0 radical (unpaired) electrons. The lowest BCUT2D eigenvalue weighted by atomic mass is 10.2. The van der Waals surface area contributed by atoms with Crippen LogP contribution in [0.2, 0.25) is 0 Å². The molecule has 0 amide bonds. The van der Waals surface area contributed by atoms with Gasteiger partial charge in [0.15, 0.2) is 0 Å². The Morgan fingerprint density at radius 2 is 1.93 bits per heavy atom. The van der Waals surface area contributed by atoms with E-state index in [0.717, 1.165) is 0 Å². The molecule has 72 valence electrons. The first kappa shape index (κ1) is 9.87. The first-order valence-electron chi connectivity index (χ1n) is 3.25. The Morgan fingerprint density at radius 1 is 1.43 bits per heavy atom. The number of hydrogen-bond acceptors (Lipinski definition) is 3. The Bertz CT molecular complexity index is 418. The topological polar surface area (TPSA) is 91.9 Å². The summed E-state index contributed by atoms with van der Waals surface area (Å²) in [5.74, 6) is -2.75. The first-order valence-corrected chi connectivity index (χ1v) is 3.25. The van der Waals surface area contributed by atoms with Gasteiger partial charge in [-0.1, -0.05) is 5.11 Å². The van der Waals surface area contributed by atoms with Gasteiger partial charge in [-0.15, -0.1) is 0 Å². The van der Waals surface area contributed by atoms with Crippen LogP contribution in [0.5, 0.6) is 0 Å². The SMILES string of the molecule is [N-]=[N+]=Nc1cc(F)c([N+](=O)[O-])c(F)c1. The van der Waals surface area contributed by atoms with Gasteiger partial charge in [-0.3, -0.25) is 10.1 Å². The van der Waals surface area contributed by atoms with Crippen molar-refractivity contribution in [3.8, 4) is 0 Å². The Labute approximate surface area is 75.5 Å². The number of azide groups is 1. The summed E-state index contributed by atoms with van der Waals surface area (Å²) in [4.78, 5) is 11.2. The second kappa shape index (κ2) is 3.67. The van der Waals surface area contributed by atoms with Gasteiger partial charge in [0, 0.05) is 10.6 Å². The Morgan fingerprint density at radius 3 is 2.29 bits per heavy atom. The number of nitrogens with zero attached hydrogens (tertiary/aromatic N) is 4. The monoisotopic (exact) mass is 200 g/mol. The van der Waals surface area contributed by atoms with Crippen molar-refractivity contribution in [2.75, 3.05) is 0 Å². The molecule has 0 fully saturated rings. The predicted octanol–water partition coefficient (Wildman–Crippen LogP) is 2.81. The molecule has 0 aliphatic heterocycles. The largest absolute Gasteiger partial charge is 0.340 e. The van der Waals surface area contributed by atoms with E-state index in [1.165, 1.54) is 0 Å². The van der Waals surface area contributed by atoms with Gasteiger partial charge < -0.3 is 0 Å². The third-order valence-electron chi connectivity index (χ3n) is 1.34. The molecule has 0 saturated heterocycles. The van der Waals surface area contributed by atoms with E-state index in [-0.39, 0.29) is 5.69 Å². The van der Waals surface area contributed by atoms with Crippen molar-refractivity contribution in [2.45, 2.75) is 0 Å². The summed E-state index contributed by atoms with van der Waals surface area (Å²) in [5, 5.41) is 13.0. The number of nitro benzene ring substituents is 1. The van der Waals surface area contributed by atoms with Crippen molar-refractivity contribution < 1.29 is 13.7 Å². The van der Waals surface area contributed by atoms with Gasteiger partial charge in [-0.25, -0.2) is 0 Å². The average molecular weight is 200 g/mol. The molecule has 0 atom stereocenters. The molecule has 8 heteroatoms. The van der Waals surface area contributed by atoms with Crippen molar-refractivity contribution >= 4 is 11.4 Å². The third kappa shape index (κ3) is 1.75. The minimum absolute atomic E-state index is 0.354. The second-order valence-corrected chi connectivity index (χ2v) is 2.20. The number of halogens is 2. The molecule has 1 aromatic rings. The van der Waals surface area contributed by atoms with E-state index in [1.807, 2.05) is 0 Å². The van der Waals surface area contributed by atoms with Crippen LogP contribution in [0.25, 0.3) is 10.4 Å². The zero-order chi connectivity index (χ0) is 10.7. The van der Waals surface area contributed by atoms with Crippen LogP contribution in [0, 0.1) is 21.7 Å². The highest BCUT2D eigenvalue weighted by atomic mass is 19.1. The minimum atomic E-state index is -1.38. The maximum absolute atomic E-state index is 12.8. The van der Waals surface area contributed by atoms with Crippen molar-refractivity contribution in [3.05, 3.63) is 44.3 Å². The molecule has 0 aliphatic carbocycles. The molecule has 0 aromatic heterocycles. The normalized spacial score (nSPS) is 9.29. The highest BCUT2D eigenvalue weighted by molar-refractivity contribution is 5.46. The van der Waals surface area contributed by atoms with Crippen LogP contribution in [0.15, 0.2) is 17.2 Å². The van der Waals surface area contributed by atoms with E-state index in [4.69, 9.17) is 5.53 Å². The lowest BCUT2D eigenvalue weighted by Gasteiger charge is -1.96. The molecule has 0 saturated carbocycles. The Balaban J connectivity index is 3.39. The quantitative estimate of drug-likeness (QED) is 0.241. The molecule has 0 unspecified atom stereocenters. The molecular formula is C6H2F2N4O2. The standard InChI is InChI=1S/C6H2F2N4O2/c7-4-1-3(10-11-9)2-5(8)6(4)12(13)14/h1-2H. The molecular weight excluding hydrogens is 198 g/mol. The molecule has 0 N–H and O–H groups in total. The van der Waals surface area contributed by atoms with Crippen molar-refractivity contribution in [3.63, 3.8) is 0 Å². The van der Waals surface area contributed by atoms with Gasteiger partial charge >= 0.3 is 5.69 Å². The van der Waals surface area contributed by atoms with E-state index < -0.39 is 22.2 Å². The van der Waals surface area contributed by atoms with Crippen LogP contribution in [0.1, 0.15) is 0 Å². The maximum atomic E-state index is 12.8. The smallest absolute Gasteiger partial charge is 0.258 e. The van der Waals surface area contributed by atoms with Gasteiger partial charge in [0.05, 0.1) is 4.92 Å². The van der Waals surface area contributed by atoms with E-state index in [2.05, 4.69) is 10.0 Å². The van der Waals surface area contributed by atoms with Gasteiger partial charge in [0.25, 0.3) is 0 Å². The summed E-state index contributed by atoms with van der Waals surface area (Å²) in [6.07, 6.45) is 0. The fourth-order valence-corrected chi connectivity index (χ4v) is 0.836. The van der Waals surface area contributed by atoms with Crippen LogP contribution in [-0.4, -0.2) is 4.92 Å². The maximum Gasteiger partial charge on any atom is 0.340 e. The minimum Gasteiger partial charge on any atom is -0.258 e. The zero-order valence-electron chi connectivity index (χ0n) is 6.52. The molecule has 0 bridgehead atoms. The van der Waals surface area contributed by atoms with Gasteiger partial charge in [-0.05, 0) is 17.7 Å². The zero-order valence-corrected chi connectivity index (χ0v) is 6.52. The van der Waals surface area contributed by atoms with Crippen molar-refractivity contribution in [1.29, 1.82) is 0 Å². The molecule has 6 nitrogen and oxygen atoms in total. The average Bonchev–Trinajstić information content (AvgIpc) is 2.01.